The van der Waals surface area contributed by atoms with Crippen LogP contribution in [0, 0.1) is 0 Å². The van der Waals surface area contributed by atoms with Gasteiger partial charge in [0.1, 0.15) is 18.3 Å². The second-order valence-corrected chi connectivity index (χ2v) is 8.42. The molecule has 0 aliphatic carbocycles. The summed E-state index contributed by atoms with van der Waals surface area (Å²) in [6.07, 6.45) is -4.95. The Morgan fingerprint density at radius 1 is 1.34 bits per heavy atom. The van der Waals surface area contributed by atoms with E-state index in [1.54, 1.807) is 0 Å². The van der Waals surface area contributed by atoms with Crippen molar-refractivity contribution in [2.45, 2.75) is 24.5 Å². The summed E-state index contributed by atoms with van der Waals surface area (Å²) >= 11 is 0. The maximum Gasteiger partial charge on any atom is 1.00 e. The van der Waals surface area contributed by atoms with E-state index in [1.165, 1.54) is 0 Å². The molecular formula is C10H14N5NaO11P2. The van der Waals surface area contributed by atoms with Crippen LogP contribution in [0.4, 0.5) is 5.95 Å². The molecule has 29 heavy (non-hydrogen) atoms. The van der Waals surface area contributed by atoms with Crippen molar-refractivity contribution in [2.24, 2.45) is 0 Å². The van der Waals surface area contributed by atoms with Crippen molar-refractivity contribution in [1.82, 2.24) is 19.5 Å². The van der Waals surface area contributed by atoms with Gasteiger partial charge >= 0.3 is 37.4 Å². The van der Waals surface area contributed by atoms with Gasteiger partial charge in [0.2, 0.25) is 5.95 Å². The van der Waals surface area contributed by atoms with E-state index in [0.717, 1.165) is 10.9 Å². The first-order chi connectivity index (χ1) is 12.9. The summed E-state index contributed by atoms with van der Waals surface area (Å²) in [5, 5.41) is 20.2. The predicted molar refractivity (Wildman–Crippen MR) is 85.2 cm³/mol. The van der Waals surface area contributed by atoms with E-state index >= 15 is 0 Å². The molecule has 2 aromatic rings. The number of phosphoric ester groups is 1. The Labute approximate surface area is 182 Å². The van der Waals surface area contributed by atoms with Crippen molar-refractivity contribution < 1.29 is 77.2 Å². The molecule has 0 spiro atoms. The number of aliphatic hydroxyl groups is 2. The van der Waals surface area contributed by atoms with Gasteiger partial charge in [-0.3, -0.25) is 23.4 Å². The van der Waals surface area contributed by atoms with Crippen LogP contribution in [0.2, 0.25) is 0 Å². The van der Waals surface area contributed by atoms with Crippen LogP contribution in [0.5, 0.6) is 0 Å². The van der Waals surface area contributed by atoms with Crippen LogP contribution in [0.3, 0.4) is 0 Å². The van der Waals surface area contributed by atoms with Gasteiger partial charge in [0, 0.05) is 0 Å². The number of hydrogen-bond donors (Lipinski definition) is 6. The van der Waals surface area contributed by atoms with Crippen molar-refractivity contribution in [3.63, 3.8) is 0 Å². The Morgan fingerprint density at radius 3 is 2.62 bits per heavy atom. The van der Waals surface area contributed by atoms with Gasteiger partial charge in [-0.2, -0.15) is 4.98 Å². The molecule has 3 rings (SSSR count). The maximum absolute atomic E-state index is 11.8. The summed E-state index contributed by atoms with van der Waals surface area (Å²) in [6.45, 7) is -0.898. The third-order valence-corrected chi connectivity index (χ3v) is 5.80. The molecular weight excluding hydrogens is 451 g/mol. The number of aromatic nitrogens is 4. The third kappa shape index (κ3) is 5.51. The number of nitrogen functional groups attached to an aromatic ring is 1. The number of H-pyrrole nitrogens is 1. The minimum atomic E-state index is -5.57. The monoisotopic (exact) mass is 465 g/mol. The molecule has 1 fully saturated rings. The van der Waals surface area contributed by atoms with Gasteiger partial charge in [0.25, 0.3) is 13.4 Å². The zero-order valence-electron chi connectivity index (χ0n) is 14.6. The van der Waals surface area contributed by atoms with Crippen molar-refractivity contribution in [2.75, 3.05) is 12.3 Å². The normalized spacial score (nSPS) is 28.6. The van der Waals surface area contributed by atoms with Crippen LogP contribution in [0.25, 0.3) is 11.2 Å². The van der Waals surface area contributed by atoms with E-state index < -0.39 is 52.4 Å². The van der Waals surface area contributed by atoms with Crippen molar-refractivity contribution in [3.05, 3.63) is 16.7 Å². The van der Waals surface area contributed by atoms with E-state index in [1.807, 2.05) is 0 Å². The number of imidazole rings is 1. The third-order valence-electron chi connectivity index (χ3n) is 3.67. The van der Waals surface area contributed by atoms with E-state index in [0.29, 0.717) is 0 Å². The van der Waals surface area contributed by atoms with Gasteiger partial charge in [-0.25, -0.2) is 13.9 Å². The van der Waals surface area contributed by atoms with Gasteiger partial charge in [-0.15, -0.1) is 0 Å². The standard InChI is InChI=1S/C10H15N5O11P2.Na/c11-10-13-7-4(8(18)14-10)12-2-15(7)9-6(17)5(16)3(25-9)1-24-28(22,23)26-27(19,20)21;/h2-3,5-6,9,16-17H,1H2,(H,22,23)(H2,19,20,21)(H3,11,13,14,18);/q;+1/p-1/t3-,5?,6?,9-;/m1./s1. The van der Waals surface area contributed by atoms with Crippen LogP contribution >= 0.6 is 15.6 Å². The van der Waals surface area contributed by atoms with Gasteiger partial charge < -0.3 is 35.4 Å². The largest absolute Gasteiger partial charge is 1.00 e. The first-order valence-electron chi connectivity index (χ1n) is 7.34. The Kier molecular flexibility index (Phi) is 7.45. The van der Waals surface area contributed by atoms with Gasteiger partial charge in [-0.05, 0) is 0 Å². The number of nitrogens with one attached hydrogen (secondary N) is 1. The zero-order chi connectivity index (χ0) is 20.9. The van der Waals surface area contributed by atoms with Crippen LogP contribution < -0.4 is 45.7 Å². The molecule has 6 atom stereocenters. The van der Waals surface area contributed by atoms with E-state index in [2.05, 4.69) is 23.8 Å². The van der Waals surface area contributed by atoms with Crippen LogP contribution in [0.15, 0.2) is 11.1 Å². The minimum absolute atomic E-state index is 0. The van der Waals surface area contributed by atoms with E-state index in [-0.39, 0.29) is 46.7 Å². The Bertz CT molecular complexity index is 1040. The topological polar surface area (TPSA) is 255 Å². The first kappa shape index (κ1) is 24.6. The molecule has 3 heterocycles. The molecule has 0 bridgehead atoms. The van der Waals surface area contributed by atoms with Crippen LogP contribution in [-0.4, -0.2) is 64.4 Å². The quantitative estimate of drug-likeness (QED) is 0.171. The second kappa shape index (κ2) is 8.80. The molecule has 0 radical (unpaired) electrons. The number of hydrogen-bond acceptors (Lipinski definition) is 12. The summed E-state index contributed by atoms with van der Waals surface area (Å²) in [7, 11) is -10.8. The molecule has 16 nitrogen and oxygen atoms in total. The van der Waals surface area contributed by atoms with Crippen molar-refractivity contribution in [3.8, 4) is 0 Å². The fourth-order valence-electron chi connectivity index (χ4n) is 2.55. The minimum Gasteiger partial charge on any atom is -0.756 e. The Hall–Kier alpha value is -0.710. The number of fused-ring (bicyclic) bond motifs is 1. The Morgan fingerprint density at radius 2 is 2.00 bits per heavy atom. The molecule has 19 heteroatoms. The summed E-state index contributed by atoms with van der Waals surface area (Å²) in [5.41, 5.74) is 4.62. The van der Waals surface area contributed by atoms with Crippen molar-refractivity contribution >= 4 is 32.8 Å². The number of nitrogens with two attached hydrogens (primary N) is 1. The molecule has 1 saturated heterocycles. The number of rotatable bonds is 6. The molecule has 0 aromatic carbocycles. The molecule has 2 aromatic heterocycles. The van der Waals surface area contributed by atoms with Crippen LogP contribution in [-0.2, 0) is 22.7 Å². The molecule has 156 valence electrons. The van der Waals surface area contributed by atoms with E-state index in [9.17, 15) is 33.9 Å². The number of anilines is 1. The number of aromatic amines is 1. The summed E-state index contributed by atoms with van der Waals surface area (Å²) in [5.74, 6) is -0.239. The van der Waals surface area contributed by atoms with Crippen molar-refractivity contribution in [1.29, 1.82) is 0 Å². The summed E-state index contributed by atoms with van der Waals surface area (Å²) in [6, 6.07) is 0. The van der Waals surface area contributed by atoms with Gasteiger partial charge in [0.05, 0.1) is 12.9 Å². The fourth-order valence-corrected chi connectivity index (χ4v) is 4.11. The summed E-state index contributed by atoms with van der Waals surface area (Å²) in [4.78, 5) is 49.9. The first-order valence-corrected chi connectivity index (χ1v) is 10.3. The zero-order valence-corrected chi connectivity index (χ0v) is 18.3. The average Bonchev–Trinajstić information content (AvgIpc) is 3.06. The summed E-state index contributed by atoms with van der Waals surface area (Å²) < 4.78 is 36.2. The second-order valence-electron chi connectivity index (χ2n) is 5.64. The molecule has 1 aliphatic heterocycles. The number of phosphoric acid groups is 2. The Balaban J connectivity index is 0.00000300. The van der Waals surface area contributed by atoms with Gasteiger partial charge in [-0.1, -0.05) is 0 Å². The van der Waals surface area contributed by atoms with E-state index in [4.69, 9.17) is 15.4 Å². The van der Waals surface area contributed by atoms with Gasteiger partial charge in [0.15, 0.2) is 17.4 Å². The maximum atomic E-state index is 11.8. The molecule has 0 amide bonds. The predicted octanol–water partition coefficient (Wildman–Crippen LogP) is -6.08. The number of nitrogens with zero attached hydrogens (tertiary/aromatic N) is 3. The molecule has 7 N–H and O–H groups in total. The molecule has 0 saturated carbocycles. The smallest absolute Gasteiger partial charge is 0.756 e. The molecule has 1 aliphatic rings. The number of ether oxygens (including phenoxy) is 1. The number of aliphatic hydroxyl groups excluding tert-OH is 2. The van der Waals surface area contributed by atoms with Crippen LogP contribution in [0.1, 0.15) is 6.23 Å². The SMILES string of the molecule is Nc1nc2c(ncn2[C@@H]2O[C@H](COP(=O)(O)OP(=O)([O-])O)C(O)C2O)c(=O)[nH]1.[Na+]. The molecule has 4 unspecified atom stereocenters. The average molecular weight is 465 g/mol. The fraction of sp³-hybridized carbons (Fsp3) is 0.500.